The second-order valence-electron chi connectivity index (χ2n) is 9.10. The molecule has 0 amide bonds. The second kappa shape index (κ2) is 8.08. The molecule has 4 heteroatoms. The number of fused-ring (bicyclic) bond motifs is 1. The van der Waals surface area contributed by atoms with Crippen molar-refractivity contribution in [3.05, 3.63) is 35.1 Å². The lowest BCUT2D eigenvalue weighted by Crippen LogP contribution is -2.47. The summed E-state index contributed by atoms with van der Waals surface area (Å²) in [6.45, 7) is 10.9. The van der Waals surface area contributed by atoms with E-state index in [4.69, 9.17) is 9.47 Å². The Bertz CT molecular complexity index is 633. The molecule has 146 valence electrons. The molecule has 0 saturated heterocycles. The SMILES string of the molecule is COCC(=O)OC1(CCC(C)(C)C)CCc2cc(F)ccc2C1C(C)C. The predicted octanol–water partition coefficient (Wildman–Crippen LogP) is 5.27. The van der Waals surface area contributed by atoms with Crippen molar-refractivity contribution < 1.29 is 18.7 Å². The minimum Gasteiger partial charge on any atom is -0.457 e. The molecule has 1 aliphatic carbocycles. The Morgan fingerprint density at radius 3 is 2.62 bits per heavy atom. The van der Waals surface area contributed by atoms with Crippen molar-refractivity contribution in [2.24, 2.45) is 11.3 Å². The summed E-state index contributed by atoms with van der Waals surface area (Å²) in [5.41, 5.74) is 1.73. The highest BCUT2D eigenvalue weighted by Crippen LogP contribution is 2.49. The van der Waals surface area contributed by atoms with Gasteiger partial charge in [-0.2, -0.15) is 0 Å². The molecule has 1 aromatic rings. The monoisotopic (exact) mass is 364 g/mol. The van der Waals surface area contributed by atoms with Gasteiger partial charge >= 0.3 is 5.97 Å². The fourth-order valence-electron chi connectivity index (χ4n) is 4.25. The number of halogens is 1. The van der Waals surface area contributed by atoms with Crippen LogP contribution in [-0.4, -0.2) is 25.3 Å². The van der Waals surface area contributed by atoms with Crippen LogP contribution in [0.2, 0.25) is 0 Å². The van der Waals surface area contributed by atoms with E-state index in [2.05, 4.69) is 34.6 Å². The average molecular weight is 365 g/mol. The first kappa shape index (κ1) is 20.9. The third-order valence-electron chi connectivity index (χ3n) is 5.37. The van der Waals surface area contributed by atoms with Gasteiger partial charge in [0.15, 0.2) is 0 Å². The largest absolute Gasteiger partial charge is 0.457 e. The Balaban J connectivity index is 2.46. The zero-order valence-corrected chi connectivity index (χ0v) is 17.0. The maximum absolute atomic E-state index is 13.7. The van der Waals surface area contributed by atoms with Gasteiger partial charge in [-0.1, -0.05) is 40.7 Å². The van der Waals surface area contributed by atoms with Crippen LogP contribution >= 0.6 is 0 Å². The lowest BCUT2D eigenvalue weighted by atomic mass is 9.64. The fraction of sp³-hybridized carbons (Fsp3) is 0.682. The maximum atomic E-state index is 13.7. The van der Waals surface area contributed by atoms with Crippen molar-refractivity contribution in [3.8, 4) is 0 Å². The smallest absolute Gasteiger partial charge is 0.332 e. The van der Waals surface area contributed by atoms with Crippen LogP contribution < -0.4 is 0 Å². The van der Waals surface area contributed by atoms with Gasteiger partial charge in [0, 0.05) is 13.0 Å². The first-order chi connectivity index (χ1) is 12.1. The van der Waals surface area contributed by atoms with Gasteiger partial charge in [0.05, 0.1) is 0 Å². The molecule has 3 nitrogen and oxygen atoms in total. The summed E-state index contributed by atoms with van der Waals surface area (Å²) in [5.74, 6) is -0.202. The van der Waals surface area contributed by atoms with E-state index in [1.54, 1.807) is 6.07 Å². The summed E-state index contributed by atoms with van der Waals surface area (Å²) in [7, 11) is 1.50. The van der Waals surface area contributed by atoms with Gasteiger partial charge in [-0.25, -0.2) is 9.18 Å². The Morgan fingerprint density at radius 1 is 1.35 bits per heavy atom. The maximum Gasteiger partial charge on any atom is 0.332 e. The van der Waals surface area contributed by atoms with Crippen molar-refractivity contribution >= 4 is 5.97 Å². The van der Waals surface area contributed by atoms with E-state index in [1.165, 1.54) is 13.2 Å². The molecule has 1 aliphatic rings. The topological polar surface area (TPSA) is 35.5 Å². The number of carbonyl (C=O) groups excluding carboxylic acids is 1. The molecule has 0 fully saturated rings. The van der Waals surface area contributed by atoms with Crippen molar-refractivity contribution in [2.75, 3.05) is 13.7 Å². The third kappa shape index (κ3) is 4.85. The molecule has 0 N–H and O–H groups in total. The molecule has 0 aliphatic heterocycles. The van der Waals surface area contributed by atoms with Crippen LogP contribution in [0.15, 0.2) is 18.2 Å². The summed E-state index contributed by atoms with van der Waals surface area (Å²) in [5, 5.41) is 0. The van der Waals surface area contributed by atoms with Crippen LogP contribution in [0, 0.1) is 17.2 Å². The van der Waals surface area contributed by atoms with Crippen molar-refractivity contribution in [1.82, 2.24) is 0 Å². The summed E-state index contributed by atoms with van der Waals surface area (Å²) in [4.78, 5) is 12.4. The van der Waals surface area contributed by atoms with Gasteiger partial charge in [0.1, 0.15) is 18.0 Å². The molecule has 0 radical (unpaired) electrons. The fourth-order valence-corrected chi connectivity index (χ4v) is 4.25. The lowest BCUT2D eigenvalue weighted by Gasteiger charge is -2.47. The summed E-state index contributed by atoms with van der Waals surface area (Å²) in [6.07, 6.45) is 3.19. The predicted molar refractivity (Wildman–Crippen MR) is 102 cm³/mol. The highest BCUT2D eigenvalue weighted by molar-refractivity contribution is 5.71. The molecular weight excluding hydrogens is 331 g/mol. The average Bonchev–Trinajstić information content (AvgIpc) is 2.52. The quantitative estimate of drug-likeness (QED) is 0.645. The van der Waals surface area contributed by atoms with Gasteiger partial charge in [-0.3, -0.25) is 0 Å². The van der Waals surface area contributed by atoms with Gasteiger partial charge < -0.3 is 9.47 Å². The van der Waals surface area contributed by atoms with Gasteiger partial charge in [0.25, 0.3) is 0 Å². The van der Waals surface area contributed by atoms with E-state index in [-0.39, 0.29) is 35.6 Å². The van der Waals surface area contributed by atoms with E-state index < -0.39 is 5.60 Å². The first-order valence-electron chi connectivity index (χ1n) is 9.57. The Kier molecular flexibility index (Phi) is 6.49. The number of hydrogen-bond acceptors (Lipinski definition) is 3. The molecule has 0 aromatic heterocycles. The number of aryl methyl sites for hydroxylation is 1. The normalized spacial score (nSPS) is 23.0. The van der Waals surface area contributed by atoms with E-state index in [9.17, 15) is 9.18 Å². The van der Waals surface area contributed by atoms with Crippen LogP contribution in [0.25, 0.3) is 0 Å². The molecule has 0 bridgehead atoms. The molecule has 0 saturated carbocycles. The number of ether oxygens (including phenoxy) is 2. The summed E-state index contributed by atoms with van der Waals surface area (Å²) >= 11 is 0. The van der Waals surface area contributed by atoms with E-state index in [0.29, 0.717) is 0 Å². The number of hydrogen-bond donors (Lipinski definition) is 0. The van der Waals surface area contributed by atoms with E-state index >= 15 is 0 Å². The first-order valence-corrected chi connectivity index (χ1v) is 9.57. The number of benzene rings is 1. The molecule has 2 atom stereocenters. The minimum absolute atomic E-state index is 0.0433. The number of carbonyl (C=O) groups is 1. The van der Waals surface area contributed by atoms with E-state index in [0.717, 1.165) is 36.8 Å². The Labute approximate surface area is 157 Å². The van der Waals surface area contributed by atoms with Crippen LogP contribution in [0.3, 0.4) is 0 Å². The number of methoxy groups -OCH3 is 1. The second-order valence-corrected chi connectivity index (χ2v) is 9.10. The highest BCUT2D eigenvalue weighted by Gasteiger charge is 2.48. The van der Waals surface area contributed by atoms with Crippen molar-refractivity contribution in [1.29, 1.82) is 0 Å². The molecule has 1 aromatic carbocycles. The van der Waals surface area contributed by atoms with Gasteiger partial charge in [0.2, 0.25) is 0 Å². The number of esters is 1. The van der Waals surface area contributed by atoms with Crippen LogP contribution in [0.5, 0.6) is 0 Å². The van der Waals surface area contributed by atoms with Crippen LogP contribution in [0.1, 0.15) is 70.9 Å². The molecule has 2 unspecified atom stereocenters. The molecule has 0 spiro atoms. The molecule has 0 heterocycles. The molecule has 26 heavy (non-hydrogen) atoms. The minimum atomic E-state index is -0.568. The van der Waals surface area contributed by atoms with Gasteiger partial charge in [-0.15, -0.1) is 0 Å². The third-order valence-corrected chi connectivity index (χ3v) is 5.37. The lowest BCUT2D eigenvalue weighted by molar-refractivity contribution is -0.172. The number of rotatable bonds is 6. The van der Waals surface area contributed by atoms with E-state index in [1.807, 2.05) is 6.07 Å². The Hall–Kier alpha value is -1.42. The molecular formula is C22H33FO3. The van der Waals surface area contributed by atoms with Crippen LogP contribution in [-0.2, 0) is 20.7 Å². The Morgan fingerprint density at radius 2 is 2.04 bits per heavy atom. The molecule has 2 rings (SSSR count). The van der Waals surface area contributed by atoms with Crippen molar-refractivity contribution in [3.63, 3.8) is 0 Å². The van der Waals surface area contributed by atoms with Crippen LogP contribution in [0.4, 0.5) is 4.39 Å². The summed E-state index contributed by atoms with van der Waals surface area (Å²) in [6, 6.07) is 5.03. The van der Waals surface area contributed by atoms with Crippen molar-refractivity contribution in [2.45, 2.75) is 71.8 Å². The highest BCUT2D eigenvalue weighted by atomic mass is 19.1. The zero-order chi connectivity index (χ0) is 19.5. The summed E-state index contributed by atoms with van der Waals surface area (Å²) < 4.78 is 24.8. The zero-order valence-electron chi connectivity index (χ0n) is 17.0. The standard InChI is InChI=1S/C22H33FO3/c1-15(2)20-18-8-7-17(23)13-16(18)9-10-22(20,12-11-21(3,4)5)26-19(24)14-25-6/h7-8,13,15,20H,9-12,14H2,1-6H3. The van der Waals surface area contributed by atoms with Gasteiger partial charge in [-0.05, 0) is 60.3 Å².